The molecule has 29 heavy (non-hydrogen) atoms. The van der Waals surface area contributed by atoms with E-state index in [1.165, 1.54) is 23.4 Å². The van der Waals surface area contributed by atoms with Crippen molar-refractivity contribution in [1.29, 1.82) is 0 Å². The predicted octanol–water partition coefficient (Wildman–Crippen LogP) is 7.80. The Kier molecular flexibility index (Phi) is 14.0. The van der Waals surface area contributed by atoms with Crippen molar-refractivity contribution in [3.8, 4) is 0 Å². The van der Waals surface area contributed by atoms with Crippen LogP contribution in [-0.4, -0.2) is 24.8 Å². The van der Waals surface area contributed by atoms with Gasteiger partial charge in [0.2, 0.25) is 0 Å². The van der Waals surface area contributed by atoms with Crippen molar-refractivity contribution in [2.45, 2.75) is 73.1 Å². The second kappa shape index (κ2) is 14.3. The highest BCUT2D eigenvalue weighted by molar-refractivity contribution is 7.65. The number of hydrogen-bond donors (Lipinski definition) is 1. The van der Waals surface area contributed by atoms with Gasteiger partial charge < -0.3 is 9.42 Å². The molecule has 0 radical (unpaired) electrons. The first kappa shape index (κ1) is 28.3. The summed E-state index contributed by atoms with van der Waals surface area (Å²) in [6.07, 6.45) is 14.9. The fourth-order valence-corrected chi connectivity index (χ4v) is 5.34. The van der Waals surface area contributed by atoms with E-state index >= 15 is 0 Å². The van der Waals surface area contributed by atoms with Crippen LogP contribution in [0.25, 0.3) is 0 Å². The number of allylic oxidation sites excluding steroid dienone is 7. The van der Waals surface area contributed by atoms with E-state index in [9.17, 15) is 9.13 Å². The zero-order valence-corrected chi connectivity index (χ0v) is 21.0. The summed E-state index contributed by atoms with van der Waals surface area (Å²) in [6, 6.07) is 0. The van der Waals surface area contributed by atoms with E-state index < -0.39 is 15.2 Å². The van der Waals surface area contributed by atoms with Gasteiger partial charge in [-0.2, -0.15) is 0 Å². The van der Waals surface area contributed by atoms with Gasteiger partial charge in [0.1, 0.15) is 0 Å². The van der Waals surface area contributed by atoms with Crippen LogP contribution < -0.4 is 0 Å². The second-order valence-electron chi connectivity index (χ2n) is 8.00. The lowest BCUT2D eigenvalue weighted by Gasteiger charge is -2.14. The van der Waals surface area contributed by atoms with Crippen molar-refractivity contribution in [2.75, 3.05) is 19.9 Å². The fourth-order valence-electron chi connectivity index (χ4n) is 2.60. The second-order valence-corrected chi connectivity index (χ2v) is 12.1. The van der Waals surface area contributed by atoms with E-state index in [1.54, 1.807) is 0 Å². The van der Waals surface area contributed by atoms with Gasteiger partial charge in [-0.15, -0.1) is 0 Å². The smallest absolute Gasteiger partial charge is 0.324 e. The van der Waals surface area contributed by atoms with Crippen molar-refractivity contribution in [3.05, 3.63) is 46.6 Å². The fraction of sp³-hybridized carbons (Fsp3) is 0.636. The standard InChI is InChI=1S/C22H40O5P2/c1-19(2)11-8-12-20(3)13-9-14-21(4)15-10-16-22(5)17-18-26-29(7,25)27-28(6,23)24/h11,13,15,17H,8-10,12,14,16,18H2,1-7H3,(H,23,24)/b20-13-,21-15-,22-17+/t29-/m0/s1. The molecule has 0 heterocycles. The highest BCUT2D eigenvalue weighted by Crippen LogP contribution is 2.58. The van der Waals surface area contributed by atoms with Crippen molar-refractivity contribution in [3.63, 3.8) is 0 Å². The van der Waals surface area contributed by atoms with Crippen LogP contribution in [0.15, 0.2) is 46.6 Å². The molecular formula is C22H40O5P2. The third-order valence-electron chi connectivity index (χ3n) is 4.19. The minimum absolute atomic E-state index is 0.0964. The van der Waals surface area contributed by atoms with Gasteiger partial charge in [0, 0.05) is 13.3 Å². The maximum Gasteiger partial charge on any atom is 0.335 e. The molecule has 0 aliphatic heterocycles. The Balaban J connectivity index is 4.20. The molecule has 0 aromatic rings. The molecular weight excluding hydrogens is 406 g/mol. The minimum atomic E-state index is -3.83. The van der Waals surface area contributed by atoms with Crippen molar-refractivity contribution in [1.82, 2.24) is 0 Å². The van der Waals surface area contributed by atoms with E-state index in [2.05, 4.69) is 50.2 Å². The van der Waals surface area contributed by atoms with E-state index in [-0.39, 0.29) is 6.61 Å². The van der Waals surface area contributed by atoms with Gasteiger partial charge in [-0.3, -0.25) is 9.13 Å². The maximum atomic E-state index is 11.9. The van der Waals surface area contributed by atoms with Crippen LogP contribution >= 0.6 is 15.2 Å². The Morgan fingerprint density at radius 1 is 0.759 bits per heavy atom. The topological polar surface area (TPSA) is 72.8 Å². The highest BCUT2D eigenvalue weighted by Gasteiger charge is 2.25. The summed E-state index contributed by atoms with van der Waals surface area (Å²) >= 11 is 0. The molecule has 0 amide bonds. The van der Waals surface area contributed by atoms with Crippen LogP contribution in [0.4, 0.5) is 0 Å². The van der Waals surface area contributed by atoms with Crippen LogP contribution in [0, 0.1) is 0 Å². The first-order chi connectivity index (χ1) is 13.3. The Bertz CT molecular complexity index is 707. The summed E-state index contributed by atoms with van der Waals surface area (Å²) in [5.41, 5.74) is 5.33. The molecule has 0 fully saturated rings. The zero-order chi connectivity index (χ0) is 22.5. The third kappa shape index (κ3) is 19.0. The molecule has 1 N–H and O–H groups in total. The molecule has 7 heteroatoms. The molecule has 0 saturated carbocycles. The van der Waals surface area contributed by atoms with Gasteiger partial charge in [0.25, 0.3) is 0 Å². The molecule has 168 valence electrons. The zero-order valence-electron chi connectivity index (χ0n) is 19.2. The summed E-state index contributed by atoms with van der Waals surface area (Å²) < 4.78 is 32.8. The molecule has 0 saturated heterocycles. The summed E-state index contributed by atoms with van der Waals surface area (Å²) in [6.45, 7) is 12.9. The van der Waals surface area contributed by atoms with Crippen LogP contribution in [0.3, 0.4) is 0 Å². The van der Waals surface area contributed by atoms with Gasteiger partial charge in [-0.1, -0.05) is 46.6 Å². The van der Waals surface area contributed by atoms with Crippen LogP contribution in [-0.2, 0) is 18.0 Å². The summed E-state index contributed by atoms with van der Waals surface area (Å²) in [5.74, 6) is 0. The molecule has 5 nitrogen and oxygen atoms in total. The first-order valence-corrected chi connectivity index (χ1v) is 14.2. The number of rotatable bonds is 14. The SMILES string of the molecule is CC(C)=CCC/C(C)=C\CC/C(C)=C\CC/C(C)=C/CO[P@](C)(=O)OP(C)(=O)O. The van der Waals surface area contributed by atoms with Crippen LogP contribution in [0.5, 0.6) is 0 Å². The molecule has 0 bridgehead atoms. The quantitative estimate of drug-likeness (QED) is 0.218. The van der Waals surface area contributed by atoms with E-state index in [0.717, 1.165) is 50.8 Å². The van der Waals surface area contributed by atoms with Crippen molar-refractivity contribution < 1.29 is 22.9 Å². The van der Waals surface area contributed by atoms with Gasteiger partial charge >= 0.3 is 15.2 Å². The van der Waals surface area contributed by atoms with E-state index in [1.807, 2.05) is 13.0 Å². The lowest BCUT2D eigenvalue weighted by Crippen LogP contribution is -1.94. The van der Waals surface area contributed by atoms with Crippen molar-refractivity contribution in [2.24, 2.45) is 0 Å². The summed E-state index contributed by atoms with van der Waals surface area (Å²) in [7, 11) is -7.35. The average Bonchev–Trinajstić information content (AvgIpc) is 2.51. The Hall–Kier alpha value is -0.700. The summed E-state index contributed by atoms with van der Waals surface area (Å²) in [5, 5.41) is 0. The normalized spacial score (nSPS) is 17.6. The van der Waals surface area contributed by atoms with Gasteiger partial charge in [0.15, 0.2) is 0 Å². The molecule has 0 aromatic carbocycles. The largest absolute Gasteiger partial charge is 0.335 e. The van der Waals surface area contributed by atoms with Gasteiger partial charge in [-0.25, -0.2) is 4.31 Å². The van der Waals surface area contributed by atoms with Gasteiger partial charge in [0.05, 0.1) is 6.61 Å². The average molecular weight is 447 g/mol. The van der Waals surface area contributed by atoms with E-state index in [4.69, 9.17) is 9.42 Å². The Morgan fingerprint density at radius 3 is 1.59 bits per heavy atom. The maximum absolute atomic E-state index is 11.9. The molecule has 0 spiro atoms. The monoisotopic (exact) mass is 446 g/mol. The van der Waals surface area contributed by atoms with Crippen LogP contribution in [0.2, 0.25) is 0 Å². The molecule has 0 rings (SSSR count). The Morgan fingerprint density at radius 2 is 1.17 bits per heavy atom. The molecule has 0 aliphatic rings. The predicted molar refractivity (Wildman–Crippen MR) is 125 cm³/mol. The van der Waals surface area contributed by atoms with Crippen molar-refractivity contribution >= 4 is 15.2 Å². The minimum Gasteiger partial charge on any atom is -0.324 e. The molecule has 0 aliphatic carbocycles. The number of hydrogen-bond acceptors (Lipinski definition) is 4. The molecule has 0 aromatic heterocycles. The lowest BCUT2D eigenvalue weighted by molar-refractivity contribution is 0.283. The summed E-state index contributed by atoms with van der Waals surface area (Å²) in [4.78, 5) is 9.13. The first-order valence-electron chi connectivity index (χ1n) is 10.1. The van der Waals surface area contributed by atoms with Crippen LogP contribution in [0.1, 0.15) is 73.1 Å². The van der Waals surface area contributed by atoms with E-state index in [0.29, 0.717) is 0 Å². The highest BCUT2D eigenvalue weighted by atomic mass is 31.3. The molecule has 2 atom stereocenters. The third-order valence-corrected chi connectivity index (χ3v) is 7.21. The lowest BCUT2D eigenvalue weighted by atomic mass is 10.0. The molecule has 1 unspecified atom stereocenters. The van der Waals surface area contributed by atoms with Gasteiger partial charge in [-0.05, 0) is 73.1 Å². The Labute approximate surface area is 178 Å².